The molecule has 3 rings (SSSR count). The average molecular weight is 405 g/mol. The van der Waals surface area contributed by atoms with Crippen LogP contribution < -0.4 is 10.6 Å². The second-order valence-corrected chi connectivity index (χ2v) is 7.39. The number of anilines is 1. The second-order valence-electron chi connectivity index (χ2n) is 5.39. The molecule has 24 heavy (non-hydrogen) atoms. The minimum absolute atomic E-state index is 0.105. The minimum Gasteiger partial charge on any atom is -0.507 e. The van der Waals surface area contributed by atoms with Crippen molar-refractivity contribution in [3.05, 3.63) is 63.0 Å². The van der Waals surface area contributed by atoms with E-state index in [0.29, 0.717) is 9.38 Å². The molecule has 1 aliphatic rings. The van der Waals surface area contributed by atoms with Gasteiger partial charge >= 0.3 is 0 Å². The number of aromatic hydroxyl groups is 1. The highest BCUT2D eigenvalue weighted by Gasteiger charge is 2.27. The first kappa shape index (κ1) is 16.9. The molecule has 2 aromatic carbocycles. The Kier molecular flexibility index (Phi) is 5.16. The molecule has 1 amide bonds. The molecule has 3 N–H and O–H groups in total. The predicted octanol–water partition coefficient (Wildman–Crippen LogP) is 4.32. The minimum atomic E-state index is -0.197. The predicted molar refractivity (Wildman–Crippen MR) is 103 cm³/mol. The SMILES string of the molecule is CCc1ccc(N[C@H]2NC(=O)/C(=C/c3ccc(O)c(Br)c3)S2)cc1. The molecule has 0 unspecified atom stereocenters. The summed E-state index contributed by atoms with van der Waals surface area (Å²) in [5.74, 6) is 0.0719. The van der Waals surface area contributed by atoms with Gasteiger partial charge in [0.2, 0.25) is 0 Å². The molecule has 2 aromatic rings. The number of rotatable bonds is 4. The number of carbonyl (C=O) groups excluding carboxylic acids is 1. The van der Waals surface area contributed by atoms with Gasteiger partial charge in [0.15, 0.2) is 5.50 Å². The summed E-state index contributed by atoms with van der Waals surface area (Å²) in [4.78, 5) is 12.8. The summed E-state index contributed by atoms with van der Waals surface area (Å²) in [7, 11) is 0. The lowest BCUT2D eigenvalue weighted by Crippen LogP contribution is -2.30. The Labute approximate surface area is 153 Å². The Bertz CT molecular complexity index is 790. The molecule has 0 spiro atoms. The van der Waals surface area contributed by atoms with Gasteiger partial charge in [-0.15, -0.1) is 0 Å². The van der Waals surface area contributed by atoms with Gasteiger partial charge in [-0.25, -0.2) is 0 Å². The number of amides is 1. The number of halogens is 1. The van der Waals surface area contributed by atoms with E-state index in [1.54, 1.807) is 18.2 Å². The maximum atomic E-state index is 12.1. The van der Waals surface area contributed by atoms with Crippen molar-refractivity contribution >= 4 is 45.4 Å². The molecule has 4 nitrogen and oxygen atoms in total. The molecule has 0 aliphatic carbocycles. The van der Waals surface area contributed by atoms with Crippen molar-refractivity contribution < 1.29 is 9.90 Å². The van der Waals surface area contributed by atoms with Crippen molar-refractivity contribution in [2.75, 3.05) is 5.32 Å². The van der Waals surface area contributed by atoms with Gasteiger partial charge in [-0.2, -0.15) is 0 Å². The Morgan fingerprint density at radius 2 is 2.04 bits per heavy atom. The van der Waals surface area contributed by atoms with Crippen molar-refractivity contribution in [3.8, 4) is 5.75 Å². The van der Waals surface area contributed by atoms with Crippen molar-refractivity contribution in [1.82, 2.24) is 5.32 Å². The highest BCUT2D eigenvalue weighted by atomic mass is 79.9. The fourth-order valence-corrected chi connectivity index (χ4v) is 3.70. The molecule has 6 heteroatoms. The first-order valence-corrected chi connectivity index (χ1v) is 9.25. The van der Waals surface area contributed by atoms with Crippen LogP contribution in [0.1, 0.15) is 18.1 Å². The highest BCUT2D eigenvalue weighted by Crippen LogP contribution is 2.32. The van der Waals surface area contributed by atoms with E-state index in [1.165, 1.54) is 17.3 Å². The van der Waals surface area contributed by atoms with Crippen molar-refractivity contribution in [2.45, 2.75) is 18.8 Å². The molecule has 1 atom stereocenters. The average Bonchev–Trinajstić information content (AvgIpc) is 2.91. The summed E-state index contributed by atoms with van der Waals surface area (Å²) in [5, 5.41) is 15.7. The summed E-state index contributed by atoms with van der Waals surface area (Å²) in [6.45, 7) is 2.12. The highest BCUT2D eigenvalue weighted by molar-refractivity contribution is 9.10. The van der Waals surface area contributed by atoms with Gasteiger partial charge in [0, 0.05) is 5.69 Å². The van der Waals surface area contributed by atoms with E-state index >= 15 is 0 Å². The number of carbonyl (C=O) groups is 1. The third-order valence-corrected chi connectivity index (χ3v) is 5.32. The van der Waals surface area contributed by atoms with Crippen LogP contribution in [-0.2, 0) is 11.2 Å². The number of thioether (sulfide) groups is 1. The molecule has 1 saturated heterocycles. The van der Waals surface area contributed by atoms with Crippen LogP contribution in [0.5, 0.6) is 5.75 Å². The maximum Gasteiger partial charge on any atom is 0.260 e. The number of hydrogen-bond acceptors (Lipinski definition) is 4. The van der Waals surface area contributed by atoms with Crippen LogP contribution in [0.15, 0.2) is 51.8 Å². The summed E-state index contributed by atoms with van der Waals surface area (Å²) in [6, 6.07) is 13.3. The Morgan fingerprint density at radius 1 is 1.29 bits per heavy atom. The molecule has 1 heterocycles. The third kappa shape index (κ3) is 3.94. The van der Waals surface area contributed by atoms with Crippen LogP contribution in [0.3, 0.4) is 0 Å². The lowest BCUT2D eigenvalue weighted by molar-refractivity contribution is -0.116. The first-order chi connectivity index (χ1) is 11.5. The van der Waals surface area contributed by atoms with Crippen LogP contribution in [0.2, 0.25) is 0 Å². The number of benzene rings is 2. The molecular formula is C18H17BrN2O2S. The molecule has 0 bridgehead atoms. The zero-order valence-electron chi connectivity index (χ0n) is 13.0. The largest absolute Gasteiger partial charge is 0.507 e. The zero-order chi connectivity index (χ0) is 17.1. The van der Waals surface area contributed by atoms with Gasteiger partial charge < -0.3 is 15.7 Å². The summed E-state index contributed by atoms with van der Waals surface area (Å²) in [5.41, 5.74) is 2.91. The number of phenolic OH excluding ortho intramolecular Hbond substituents is 1. The van der Waals surface area contributed by atoms with E-state index in [9.17, 15) is 9.90 Å². The molecular weight excluding hydrogens is 388 g/mol. The van der Waals surface area contributed by atoms with Crippen LogP contribution in [-0.4, -0.2) is 16.5 Å². The first-order valence-electron chi connectivity index (χ1n) is 7.58. The van der Waals surface area contributed by atoms with Gasteiger partial charge in [-0.3, -0.25) is 4.79 Å². The summed E-state index contributed by atoms with van der Waals surface area (Å²) < 4.78 is 0.603. The van der Waals surface area contributed by atoms with Gasteiger partial charge in [-0.1, -0.05) is 36.9 Å². The van der Waals surface area contributed by atoms with E-state index in [2.05, 4.69) is 45.6 Å². The monoisotopic (exact) mass is 404 g/mol. The molecule has 0 aromatic heterocycles. The van der Waals surface area contributed by atoms with E-state index in [0.717, 1.165) is 17.7 Å². The standard InChI is InChI=1S/C18H17BrN2O2S/c1-2-11-3-6-13(7-4-11)20-18-21-17(23)16(24-18)10-12-5-8-15(22)14(19)9-12/h3-10,18,20,22H,2H2,1H3,(H,21,23)/b16-10-/t18-/m0/s1. The molecule has 0 radical (unpaired) electrons. The van der Waals surface area contributed by atoms with Crippen LogP contribution >= 0.6 is 27.7 Å². The van der Waals surface area contributed by atoms with Crippen LogP contribution in [0, 0.1) is 0 Å². The lowest BCUT2D eigenvalue weighted by atomic mass is 10.1. The number of phenols is 1. The fourth-order valence-electron chi connectivity index (χ4n) is 2.32. The smallest absolute Gasteiger partial charge is 0.260 e. The quantitative estimate of drug-likeness (QED) is 0.664. The van der Waals surface area contributed by atoms with Crippen LogP contribution in [0.25, 0.3) is 6.08 Å². The van der Waals surface area contributed by atoms with Gasteiger partial charge in [-0.05, 0) is 63.8 Å². The molecule has 124 valence electrons. The maximum absolute atomic E-state index is 12.1. The van der Waals surface area contributed by atoms with E-state index in [1.807, 2.05) is 18.2 Å². The Balaban J connectivity index is 1.70. The summed E-state index contributed by atoms with van der Waals surface area (Å²) in [6.07, 6.45) is 2.82. The summed E-state index contributed by atoms with van der Waals surface area (Å²) >= 11 is 4.72. The Hall–Kier alpha value is -1.92. The van der Waals surface area contributed by atoms with Crippen LogP contribution in [0.4, 0.5) is 5.69 Å². The van der Waals surface area contributed by atoms with Crippen molar-refractivity contribution in [2.24, 2.45) is 0 Å². The van der Waals surface area contributed by atoms with Gasteiger partial charge in [0.25, 0.3) is 5.91 Å². The number of nitrogens with one attached hydrogen (secondary N) is 2. The third-order valence-electron chi connectivity index (χ3n) is 3.66. The molecule has 1 aliphatic heterocycles. The van der Waals surface area contributed by atoms with E-state index in [4.69, 9.17) is 0 Å². The molecule has 0 saturated carbocycles. The van der Waals surface area contributed by atoms with Gasteiger partial charge in [0.1, 0.15) is 5.75 Å². The lowest BCUT2D eigenvalue weighted by Gasteiger charge is -2.12. The fraction of sp³-hybridized carbons (Fsp3) is 0.167. The Morgan fingerprint density at radius 3 is 2.71 bits per heavy atom. The molecule has 1 fully saturated rings. The normalized spacial score (nSPS) is 18.7. The number of aryl methyl sites for hydroxylation is 1. The van der Waals surface area contributed by atoms with Gasteiger partial charge in [0.05, 0.1) is 9.38 Å². The van der Waals surface area contributed by atoms with E-state index < -0.39 is 0 Å². The van der Waals surface area contributed by atoms with Crippen molar-refractivity contribution in [1.29, 1.82) is 0 Å². The van der Waals surface area contributed by atoms with E-state index in [-0.39, 0.29) is 17.2 Å². The zero-order valence-corrected chi connectivity index (χ0v) is 15.4. The second kappa shape index (κ2) is 7.32. The van der Waals surface area contributed by atoms with Crippen molar-refractivity contribution in [3.63, 3.8) is 0 Å². The number of hydrogen-bond donors (Lipinski definition) is 3. The topological polar surface area (TPSA) is 61.4 Å².